The molecule has 0 aromatic heterocycles. The van der Waals surface area contributed by atoms with Gasteiger partial charge in [0.1, 0.15) is 13.2 Å². The van der Waals surface area contributed by atoms with Crippen LogP contribution >= 0.6 is 0 Å². The number of carbonyl (C=O) groups is 3. The molecule has 0 radical (unpaired) electrons. The molecule has 0 spiro atoms. The van der Waals surface area contributed by atoms with Gasteiger partial charge in [-0.3, -0.25) is 14.4 Å². The van der Waals surface area contributed by atoms with Crippen molar-refractivity contribution in [2.45, 2.75) is 355 Å². The number of ether oxygens (including phenoxy) is 3. The summed E-state index contributed by atoms with van der Waals surface area (Å²) >= 11 is 0. The zero-order chi connectivity index (χ0) is 48.8. The highest BCUT2D eigenvalue weighted by atomic mass is 16.6. The molecule has 0 saturated carbocycles. The first-order valence-electron chi connectivity index (χ1n) is 30.4. The maximum Gasteiger partial charge on any atom is 0.306 e. The summed E-state index contributed by atoms with van der Waals surface area (Å²) in [5, 5.41) is 0. The minimum absolute atomic E-state index is 0.0615. The fourth-order valence-electron chi connectivity index (χ4n) is 9.42. The van der Waals surface area contributed by atoms with Crippen LogP contribution in [0.5, 0.6) is 0 Å². The minimum Gasteiger partial charge on any atom is -0.462 e. The molecule has 398 valence electrons. The number of rotatable bonds is 56. The lowest BCUT2D eigenvalue weighted by atomic mass is 9.99. The van der Waals surface area contributed by atoms with E-state index in [2.05, 4.69) is 27.7 Å². The van der Waals surface area contributed by atoms with Crippen molar-refractivity contribution in [1.29, 1.82) is 0 Å². The third-order valence-corrected chi connectivity index (χ3v) is 14.4. The van der Waals surface area contributed by atoms with Gasteiger partial charge < -0.3 is 14.2 Å². The lowest BCUT2D eigenvalue weighted by molar-refractivity contribution is -0.167. The molecular formula is C61H118O6. The molecule has 0 saturated heterocycles. The number of hydrogen-bond donors (Lipinski definition) is 0. The molecule has 6 heteroatoms. The molecule has 0 fully saturated rings. The van der Waals surface area contributed by atoms with Gasteiger partial charge in [0.05, 0.1) is 0 Å². The van der Waals surface area contributed by atoms with Crippen LogP contribution < -0.4 is 0 Å². The highest BCUT2D eigenvalue weighted by Gasteiger charge is 2.19. The second-order valence-corrected chi connectivity index (χ2v) is 21.2. The van der Waals surface area contributed by atoms with Crippen LogP contribution in [0.2, 0.25) is 0 Å². The van der Waals surface area contributed by atoms with Crippen molar-refractivity contribution in [3.05, 3.63) is 0 Å². The maximum atomic E-state index is 12.9. The zero-order valence-corrected chi connectivity index (χ0v) is 45.9. The Morgan fingerprint density at radius 2 is 0.522 bits per heavy atom. The predicted molar refractivity (Wildman–Crippen MR) is 289 cm³/mol. The molecule has 0 aliphatic heterocycles. The van der Waals surface area contributed by atoms with Gasteiger partial charge >= 0.3 is 17.9 Å². The summed E-state index contributed by atoms with van der Waals surface area (Å²) in [6, 6.07) is 0. The van der Waals surface area contributed by atoms with Gasteiger partial charge in [0.15, 0.2) is 6.10 Å². The Morgan fingerprint density at radius 3 is 0.776 bits per heavy atom. The van der Waals surface area contributed by atoms with Gasteiger partial charge in [-0.25, -0.2) is 0 Å². The first-order chi connectivity index (χ1) is 32.9. The molecule has 67 heavy (non-hydrogen) atoms. The van der Waals surface area contributed by atoms with E-state index in [1.54, 1.807) is 0 Å². The van der Waals surface area contributed by atoms with Gasteiger partial charge in [0.2, 0.25) is 0 Å². The highest BCUT2D eigenvalue weighted by Crippen LogP contribution is 2.19. The van der Waals surface area contributed by atoms with Gasteiger partial charge in [-0.05, 0) is 25.2 Å². The normalized spacial score (nSPS) is 12.4. The van der Waals surface area contributed by atoms with Crippen molar-refractivity contribution in [2.24, 2.45) is 5.92 Å². The first kappa shape index (κ1) is 65.4. The second kappa shape index (κ2) is 55.3. The van der Waals surface area contributed by atoms with Crippen LogP contribution in [-0.4, -0.2) is 37.2 Å². The van der Waals surface area contributed by atoms with E-state index in [-0.39, 0.29) is 31.1 Å². The fraction of sp³-hybridized carbons (Fsp3) is 0.951. The third kappa shape index (κ3) is 53.6. The summed E-state index contributed by atoms with van der Waals surface area (Å²) in [6.07, 6.45) is 60.9. The molecule has 0 bridgehead atoms. The molecule has 2 atom stereocenters. The van der Waals surface area contributed by atoms with Crippen LogP contribution in [0, 0.1) is 5.92 Å². The fourth-order valence-corrected chi connectivity index (χ4v) is 9.42. The number of hydrogen-bond acceptors (Lipinski definition) is 6. The molecule has 0 rings (SSSR count). The highest BCUT2D eigenvalue weighted by molar-refractivity contribution is 5.71. The van der Waals surface area contributed by atoms with E-state index in [0.29, 0.717) is 19.3 Å². The molecule has 1 unspecified atom stereocenters. The van der Waals surface area contributed by atoms with Gasteiger partial charge in [-0.1, -0.05) is 310 Å². The Labute approximate surface area is 418 Å². The molecule has 0 amide bonds. The van der Waals surface area contributed by atoms with E-state index in [0.717, 1.165) is 63.7 Å². The van der Waals surface area contributed by atoms with Gasteiger partial charge in [-0.2, -0.15) is 0 Å². The Balaban J connectivity index is 4.23. The number of esters is 3. The van der Waals surface area contributed by atoms with Crippen LogP contribution in [0.3, 0.4) is 0 Å². The monoisotopic (exact) mass is 947 g/mol. The van der Waals surface area contributed by atoms with Crippen molar-refractivity contribution in [1.82, 2.24) is 0 Å². The van der Waals surface area contributed by atoms with Crippen LogP contribution in [0.4, 0.5) is 0 Å². The molecule has 6 nitrogen and oxygen atoms in total. The molecule has 0 aliphatic rings. The molecule has 0 heterocycles. The van der Waals surface area contributed by atoms with Crippen molar-refractivity contribution >= 4 is 17.9 Å². The van der Waals surface area contributed by atoms with Crippen molar-refractivity contribution in [2.75, 3.05) is 13.2 Å². The van der Waals surface area contributed by atoms with Crippen LogP contribution in [0.1, 0.15) is 349 Å². The van der Waals surface area contributed by atoms with Crippen LogP contribution in [-0.2, 0) is 28.6 Å². The Hall–Kier alpha value is -1.59. The lowest BCUT2D eigenvalue weighted by Crippen LogP contribution is -2.30. The Bertz CT molecular complexity index is 1010. The second-order valence-electron chi connectivity index (χ2n) is 21.2. The van der Waals surface area contributed by atoms with E-state index < -0.39 is 6.10 Å². The summed E-state index contributed by atoms with van der Waals surface area (Å²) < 4.78 is 16.9. The smallest absolute Gasteiger partial charge is 0.306 e. The van der Waals surface area contributed by atoms with Crippen molar-refractivity contribution in [3.63, 3.8) is 0 Å². The summed E-state index contributed by atoms with van der Waals surface area (Å²) in [4.78, 5) is 38.2. The Morgan fingerprint density at radius 1 is 0.299 bits per heavy atom. The third-order valence-electron chi connectivity index (χ3n) is 14.4. The van der Waals surface area contributed by atoms with Crippen molar-refractivity contribution < 1.29 is 28.6 Å². The largest absolute Gasteiger partial charge is 0.462 e. The topological polar surface area (TPSA) is 78.9 Å². The van der Waals surface area contributed by atoms with E-state index >= 15 is 0 Å². The quantitative estimate of drug-likeness (QED) is 0.0343. The van der Waals surface area contributed by atoms with Gasteiger partial charge in [-0.15, -0.1) is 0 Å². The number of carbonyl (C=O) groups excluding carboxylic acids is 3. The average Bonchev–Trinajstić information content (AvgIpc) is 3.33. The number of unbranched alkanes of at least 4 members (excludes halogenated alkanes) is 42. The summed E-state index contributed by atoms with van der Waals surface area (Å²) in [6.45, 7) is 9.11. The zero-order valence-electron chi connectivity index (χ0n) is 45.9. The Kier molecular flexibility index (Phi) is 54.0. The lowest BCUT2D eigenvalue weighted by Gasteiger charge is -2.18. The van der Waals surface area contributed by atoms with Gasteiger partial charge in [0, 0.05) is 19.3 Å². The van der Waals surface area contributed by atoms with E-state index in [4.69, 9.17) is 14.2 Å². The van der Waals surface area contributed by atoms with E-state index in [1.807, 2.05) is 0 Å². The minimum atomic E-state index is -0.762. The van der Waals surface area contributed by atoms with E-state index in [1.165, 1.54) is 244 Å². The molecule has 0 aliphatic carbocycles. The van der Waals surface area contributed by atoms with E-state index in [9.17, 15) is 14.4 Å². The van der Waals surface area contributed by atoms with Crippen molar-refractivity contribution in [3.8, 4) is 0 Å². The predicted octanol–water partition coefficient (Wildman–Crippen LogP) is 20.2. The van der Waals surface area contributed by atoms with Crippen LogP contribution in [0.25, 0.3) is 0 Å². The molecule has 0 aromatic carbocycles. The summed E-state index contributed by atoms with van der Waals surface area (Å²) in [5.74, 6) is 0.0770. The molecular weight excluding hydrogens is 829 g/mol. The van der Waals surface area contributed by atoms with Crippen LogP contribution in [0.15, 0.2) is 0 Å². The van der Waals surface area contributed by atoms with Gasteiger partial charge in [0.25, 0.3) is 0 Å². The summed E-state index contributed by atoms with van der Waals surface area (Å²) in [5.41, 5.74) is 0. The first-order valence-corrected chi connectivity index (χ1v) is 30.4. The maximum absolute atomic E-state index is 12.9. The standard InChI is InChI=1S/C61H118O6/c1-5-8-10-12-14-16-18-20-25-29-33-37-41-45-49-53-60(63)66-56-58(55-65-59(62)52-48-44-40-36-32-19-17-15-13-11-9-6-2)67-61(64)54-50-46-42-38-34-30-27-24-22-21-23-26-28-31-35-39-43-47-51-57(4)7-3/h57-58H,5-56H2,1-4H3/t57?,58-/m1/s1. The SMILES string of the molecule is CCCCCCCCCCCCCCCCCC(=O)OC[C@@H](COC(=O)CCCCCCCCCCCCCC)OC(=O)CCCCCCCCCCCCCCCCCCCCC(C)CC. The summed E-state index contributed by atoms with van der Waals surface area (Å²) in [7, 11) is 0. The average molecular weight is 948 g/mol. The molecule has 0 N–H and O–H groups in total. The molecule has 0 aromatic rings.